The Labute approximate surface area is 252 Å². The molecule has 1 unspecified atom stereocenters. The average Bonchev–Trinajstić information content (AvgIpc) is 3.15. The Hall–Kier alpha value is -3.37. The number of ether oxygens (including phenoxy) is 1. The second-order valence-corrected chi connectivity index (χ2v) is 11.5. The number of amides is 1. The normalized spacial score (nSPS) is 19.7. The van der Waals surface area contributed by atoms with Crippen LogP contribution in [0.5, 0.6) is 0 Å². The van der Waals surface area contributed by atoms with E-state index in [4.69, 9.17) is 21.3 Å². The van der Waals surface area contributed by atoms with Gasteiger partial charge in [-0.25, -0.2) is 4.79 Å². The first-order valence-electron chi connectivity index (χ1n) is 14.6. The summed E-state index contributed by atoms with van der Waals surface area (Å²) < 4.78 is 16.6. The Morgan fingerprint density at radius 3 is 2.45 bits per heavy atom. The van der Waals surface area contributed by atoms with E-state index in [-0.39, 0.29) is 18.7 Å². The fraction of sp³-hybridized carbons (Fsp3) is 0.375. The molecule has 1 aromatic heterocycles. The van der Waals surface area contributed by atoms with Crippen molar-refractivity contribution in [2.24, 2.45) is 0 Å². The number of aromatic nitrogens is 1. The zero-order valence-electron chi connectivity index (χ0n) is 23.7. The molecule has 3 aliphatic rings. The van der Waals surface area contributed by atoms with Crippen molar-refractivity contribution in [2.45, 2.75) is 12.6 Å². The monoisotopic (exact) mass is 583 g/mol. The zero-order valence-corrected chi connectivity index (χ0v) is 24.5. The van der Waals surface area contributed by atoms with Gasteiger partial charge in [0.05, 0.1) is 0 Å². The number of halogens is 1. The van der Waals surface area contributed by atoms with E-state index in [2.05, 4.69) is 39.0 Å². The third kappa shape index (κ3) is 6.49. The van der Waals surface area contributed by atoms with E-state index in [0.717, 1.165) is 75.3 Å². The van der Waals surface area contributed by atoms with Crippen LogP contribution in [0.4, 0.5) is 4.79 Å². The molecule has 3 aromatic rings. The molecule has 10 heteroatoms. The van der Waals surface area contributed by atoms with E-state index in [9.17, 15) is 9.50 Å². The van der Waals surface area contributed by atoms with Crippen LogP contribution < -0.4 is 0 Å². The zero-order chi connectivity index (χ0) is 28.9. The maximum absolute atomic E-state index is 12.7. The van der Waals surface area contributed by atoms with E-state index < -0.39 is 0 Å². The molecule has 0 spiro atoms. The summed E-state index contributed by atoms with van der Waals surface area (Å²) in [6, 6.07) is 20.1. The number of hydrogen-bond acceptors (Lipinski definition) is 7. The molecule has 2 fully saturated rings. The van der Waals surface area contributed by atoms with Gasteiger partial charge in [-0.3, -0.25) is 0 Å². The average molecular weight is 584 g/mol. The molecule has 0 saturated carbocycles. The van der Waals surface area contributed by atoms with Gasteiger partial charge >= 0.3 is 183 Å². The Morgan fingerprint density at radius 2 is 1.69 bits per heavy atom. The number of hydrogen-bond donors (Lipinski definition) is 0. The fourth-order valence-corrected chi connectivity index (χ4v) is 6.36. The molecule has 3 heterocycles. The molecule has 1 amide bonds. The first-order chi connectivity index (χ1) is 20.6. The number of nitrogens with zero attached hydrogens (tertiary/aromatic N) is 5. The number of carbonyl (C=O) groups excluding carboxylic acids is 1. The second-order valence-electron chi connectivity index (χ2n) is 11.1. The summed E-state index contributed by atoms with van der Waals surface area (Å²) in [4.78, 5) is 26.5. The van der Waals surface area contributed by atoms with Crippen LogP contribution in [0.2, 0.25) is 5.02 Å². The van der Waals surface area contributed by atoms with Crippen LogP contribution >= 0.6 is 11.6 Å². The molecule has 2 aliphatic heterocycles. The SMILES string of the molecule is O=BCN1CCN(C2c3ccc(Cl)cc3C(CN3CCN(C(=O)OCc4ccccc4)CC3)=Cc3cccnc32)CC1. The Bertz CT molecular complexity index is 1440. The predicted molar refractivity (Wildman–Crippen MR) is 164 cm³/mol. The van der Waals surface area contributed by atoms with E-state index in [0.29, 0.717) is 24.6 Å². The predicted octanol–water partition coefficient (Wildman–Crippen LogP) is 4.26. The van der Waals surface area contributed by atoms with Crippen LogP contribution in [0, 0.1) is 0 Å². The molecular weight excluding hydrogens is 549 g/mol. The van der Waals surface area contributed by atoms with E-state index in [1.54, 1.807) is 4.90 Å². The Balaban J connectivity index is 1.19. The molecule has 216 valence electrons. The summed E-state index contributed by atoms with van der Waals surface area (Å²) >= 11 is 6.60. The fourth-order valence-electron chi connectivity index (χ4n) is 6.19. The molecular formula is C32H35BClN5O3. The van der Waals surface area contributed by atoms with Gasteiger partial charge in [0, 0.05) is 13.1 Å². The van der Waals surface area contributed by atoms with Gasteiger partial charge in [0.15, 0.2) is 0 Å². The van der Waals surface area contributed by atoms with E-state index >= 15 is 0 Å². The number of benzene rings is 2. The van der Waals surface area contributed by atoms with Crippen molar-refractivity contribution in [1.82, 2.24) is 24.6 Å². The van der Waals surface area contributed by atoms with Gasteiger partial charge in [-0.15, -0.1) is 0 Å². The minimum absolute atomic E-state index is 0.00294. The quantitative estimate of drug-likeness (QED) is 0.385. The minimum atomic E-state index is -0.264. The molecule has 2 aromatic carbocycles. The van der Waals surface area contributed by atoms with Crippen molar-refractivity contribution in [3.8, 4) is 0 Å². The molecule has 1 atom stereocenters. The number of carbonyl (C=O) groups is 1. The summed E-state index contributed by atoms with van der Waals surface area (Å²) in [6.45, 7) is 7.19. The number of fused-ring (bicyclic) bond motifs is 2. The third-order valence-corrected chi connectivity index (χ3v) is 8.69. The standard InChI is InChI=1S/C32H35BClN5O3/c34-27-8-9-28-29(20-27)26(21-36-11-17-39(18-12-36)32(40)42-22-24-5-2-1-3-6-24)19-25-7-4-10-35-30(25)31(28)38-15-13-37(14-16-38)23-33-41/h1-10,19-20,31H,11-18,21-23H2. The van der Waals surface area contributed by atoms with Crippen LogP contribution in [0.25, 0.3) is 11.6 Å². The Morgan fingerprint density at radius 1 is 0.929 bits per heavy atom. The van der Waals surface area contributed by atoms with E-state index in [1.807, 2.05) is 48.7 Å². The van der Waals surface area contributed by atoms with Crippen molar-refractivity contribution < 1.29 is 14.2 Å². The first-order valence-corrected chi connectivity index (χ1v) is 15.0. The van der Waals surface area contributed by atoms with Gasteiger partial charge in [0.25, 0.3) is 0 Å². The van der Waals surface area contributed by atoms with Gasteiger partial charge < -0.3 is 9.64 Å². The van der Waals surface area contributed by atoms with E-state index in [1.165, 1.54) is 11.1 Å². The number of piperazine rings is 2. The van der Waals surface area contributed by atoms with Crippen LogP contribution in [0.3, 0.4) is 0 Å². The van der Waals surface area contributed by atoms with Gasteiger partial charge in [0.1, 0.15) is 6.61 Å². The van der Waals surface area contributed by atoms with Gasteiger partial charge in [-0.2, -0.15) is 0 Å². The van der Waals surface area contributed by atoms with Crippen molar-refractivity contribution in [1.29, 1.82) is 0 Å². The first kappa shape index (κ1) is 28.7. The van der Waals surface area contributed by atoms with Crippen LogP contribution in [-0.2, 0) is 16.0 Å². The molecule has 0 bridgehead atoms. The van der Waals surface area contributed by atoms with Crippen LogP contribution in [-0.4, -0.2) is 103 Å². The molecule has 6 rings (SSSR count). The van der Waals surface area contributed by atoms with Crippen molar-refractivity contribution in [3.05, 3.63) is 99.8 Å². The molecule has 2 saturated heterocycles. The molecule has 0 radical (unpaired) electrons. The second kappa shape index (κ2) is 13.3. The summed E-state index contributed by atoms with van der Waals surface area (Å²) in [5.41, 5.74) is 6.69. The Kier molecular flexibility index (Phi) is 9.10. The summed E-state index contributed by atoms with van der Waals surface area (Å²) in [6.07, 6.45) is 4.35. The van der Waals surface area contributed by atoms with Crippen molar-refractivity contribution in [3.63, 3.8) is 0 Å². The molecule has 8 nitrogen and oxygen atoms in total. The molecule has 1 aliphatic carbocycles. The third-order valence-electron chi connectivity index (χ3n) is 8.45. The summed E-state index contributed by atoms with van der Waals surface area (Å²) in [5.74, 6) is 0. The maximum atomic E-state index is 12.7. The summed E-state index contributed by atoms with van der Waals surface area (Å²) in [5, 5.41) is 0.707. The summed E-state index contributed by atoms with van der Waals surface area (Å²) in [7, 11) is 0.985. The van der Waals surface area contributed by atoms with Gasteiger partial charge in [-0.1, -0.05) is 30.3 Å². The van der Waals surface area contributed by atoms with Gasteiger partial charge in [-0.05, 0) is 5.56 Å². The van der Waals surface area contributed by atoms with Crippen molar-refractivity contribution >= 4 is 36.5 Å². The molecule has 0 N–H and O–H groups in total. The van der Waals surface area contributed by atoms with Gasteiger partial charge in [0.2, 0.25) is 0 Å². The number of pyridine rings is 1. The number of rotatable bonds is 7. The molecule has 42 heavy (non-hydrogen) atoms. The topological polar surface area (TPSA) is 69.2 Å². The van der Waals surface area contributed by atoms with Crippen LogP contribution in [0.1, 0.15) is 34.0 Å². The van der Waals surface area contributed by atoms with Crippen LogP contribution in [0.15, 0.2) is 66.9 Å². The van der Waals surface area contributed by atoms with Crippen molar-refractivity contribution in [2.75, 3.05) is 65.3 Å².